The van der Waals surface area contributed by atoms with E-state index in [1.165, 1.54) is 0 Å². The van der Waals surface area contributed by atoms with E-state index in [0.29, 0.717) is 11.3 Å². The molecule has 0 atom stereocenters. The Kier molecular flexibility index (Phi) is 9.66. The Bertz CT molecular complexity index is 2000. The van der Waals surface area contributed by atoms with Crippen LogP contribution in [0.2, 0.25) is 36.3 Å². The molecule has 51 heavy (non-hydrogen) atoms. The van der Waals surface area contributed by atoms with Crippen LogP contribution in [-0.4, -0.2) is 31.0 Å². The molecule has 272 valence electrons. The summed E-state index contributed by atoms with van der Waals surface area (Å²) in [5.41, 5.74) is 5.31. The van der Waals surface area contributed by atoms with Crippen molar-refractivity contribution >= 4 is 38.1 Å². The molecule has 0 radical (unpaired) electrons. The van der Waals surface area contributed by atoms with Gasteiger partial charge in [0.15, 0.2) is 0 Å². The second-order valence-corrected chi connectivity index (χ2v) is 28.7. The molecule has 9 heteroatoms. The summed E-state index contributed by atoms with van der Waals surface area (Å²) < 4.78 is 41.1. The minimum Gasteiger partial charge on any atom is -0.543 e. The van der Waals surface area contributed by atoms with Crippen LogP contribution in [0.1, 0.15) is 80.5 Å². The lowest BCUT2D eigenvalue weighted by atomic mass is 9.69. The molecule has 0 spiro atoms. The molecule has 0 fully saturated rings. The van der Waals surface area contributed by atoms with Crippen molar-refractivity contribution in [3.8, 4) is 11.5 Å². The highest BCUT2D eigenvalue weighted by Gasteiger charge is 2.51. The van der Waals surface area contributed by atoms with Crippen LogP contribution in [-0.2, 0) is 20.0 Å². The van der Waals surface area contributed by atoms with Crippen molar-refractivity contribution in [1.82, 2.24) is 0 Å². The molecule has 4 aromatic carbocycles. The number of carbonyl (C=O) groups is 1. The molecule has 0 bridgehead atoms. The molecule has 6 nitrogen and oxygen atoms in total. The van der Waals surface area contributed by atoms with Crippen LogP contribution in [0.15, 0.2) is 82.6 Å². The summed E-state index contributed by atoms with van der Waals surface area (Å²) in [4.78, 5) is 15.1. The van der Waals surface area contributed by atoms with E-state index in [2.05, 4.69) is 97.3 Å². The minimum atomic E-state index is -3.82. The van der Waals surface area contributed by atoms with Gasteiger partial charge in [-0.05, 0) is 122 Å². The molecule has 0 unspecified atom stereocenters. The van der Waals surface area contributed by atoms with Crippen molar-refractivity contribution in [1.29, 1.82) is 0 Å². The topological polar surface area (TPSA) is 81.7 Å². The highest BCUT2D eigenvalue weighted by Crippen LogP contribution is 2.51. The molecule has 0 saturated heterocycles. The third kappa shape index (κ3) is 6.61. The third-order valence-corrected chi connectivity index (χ3v) is 21.9. The van der Waals surface area contributed by atoms with Crippen molar-refractivity contribution < 1.29 is 22.1 Å². The van der Waals surface area contributed by atoms with Gasteiger partial charge in [0.25, 0.3) is 16.6 Å². The summed E-state index contributed by atoms with van der Waals surface area (Å²) >= 11 is 0. The Balaban J connectivity index is 1.76. The molecule has 1 aliphatic heterocycles. The number of fused-ring (bicyclic) bond motifs is 1. The van der Waals surface area contributed by atoms with Gasteiger partial charge in [-0.15, -0.1) is 0 Å². The summed E-state index contributed by atoms with van der Waals surface area (Å²) in [5.74, 6) is 1.48. The first kappa shape index (κ1) is 38.6. The molecule has 0 aliphatic carbocycles. The zero-order valence-electron chi connectivity index (χ0n) is 32.9. The molecule has 1 heterocycles. The Morgan fingerprint density at radius 1 is 0.608 bits per heavy atom. The van der Waals surface area contributed by atoms with E-state index in [4.69, 9.17) is 8.85 Å². The Morgan fingerprint density at radius 3 is 1.41 bits per heavy atom. The van der Waals surface area contributed by atoms with Crippen LogP contribution in [0.25, 0.3) is 0 Å². The Morgan fingerprint density at radius 2 is 1.02 bits per heavy atom. The molecule has 1 N–H and O–H groups in total. The van der Waals surface area contributed by atoms with Gasteiger partial charge in [0.1, 0.15) is 16.9 Å². The van der Waals surface area contributed by atoms with E-state index in [0.717, 1.165) is 44.9 Å². The molecular formula is C42H55NO5SSi2. The maximum absolute atomic E-state index is 14.8. The normalized spacial score (nSPS) is 15.0. The summed E-state index contributed by atoms with van der Waals surface area (Å²) in [6.45, 7) is 30.5. The molecule has 0 aromatic heterocycles. The van der Waals surface area contributed by atoms with Gasteiger partial charge in [-0.3, -0.25) is 4.79 Å². The van der Waals surface area contributed by atoms with Gasteiger partial charge < -0.3 is 14.2 Å². The first-order chi connectivity index (χ1) is 23.3. The fraction of sp³-hybridized carbons (Fsp3) is 0.405. The summed E-state index contributed by atoms with van der Waals surface area (Å²) in [6, 6.07) is 21.7. The smallest absolute Gasteiger partial charge is 0.250 e. The Hall–Kier alpha value is -3.67. The number of nitrogens with one attached hydrogen (secondary N) is 1. The lowest BCUT2D eigenvalue weighted by molar-refractivity contribution is -0.118. The largest absolute Gasteiger partial charge is 0.543 e. The first-order valence-electron chi connectivity index (χ1n) is 17.7. The highest BCUT2D eigenvalue weighted by molar-refractivity contribution is 7.91. The van der Waals surface area contributed by atoms with Gasteiger partial charge in [-0.2, -0.15) is 0 Å². The number of hydrogen-bond acceptors (Lipinski definition) is 5. The SMILES string of the molecule is Cc1cc(C2(c3cc(C)c(O[Si](C)(C)C(C)(C)C)c(C)c3)C(=O)Nc3cc(S(=O)(=O)c4ccccc4)ccc32)cc(C)c1O[Si](C)(C)C(C)(C)C. The van der Waals surface area contributed by atoms with Gasteiger partial charge in [-0.25, -0.2) is 8.42 Å². The van der Waals surface area contributed by atoms with Crippen LogP contribution in [0, 0.1) is 27.7 Å². The number of rotatable bonds is 8. The predicted molar refractivity (Wildman–Crippen MR) is 214 cm³/mol. The van der Waals surface area contributed by atoms with Crippen molar-refractivity contribution in [3.05, 3.63) is 112 Å². The average Bonchev–Trinajstić information content (AvgIpc) is 3.31. The van der Waals surface area contributed by atoms with Crippen molar-refractivity contribution in [2.75, 3.05) is 5.32 Å². The van der Waals surface area contributed by atoms with Gasteiger partial charge >= 0.3 is 0 Å². The fourth-order valence-corrected chi connectivity index (χ4v) is 9.99. The molecule has 1 aliphatic rings. The van der Waals surface area contributed by atoms with Crippen molar-refractivity contribution in [2.45, 2.75) is 121 Å². The van der Waals surface area contributed by atoms with E-state index < -0.39 is 31.9 Å². The zero-order valence-corrected chi connectivity index (χ0v) is 35.7. The van der Waals surface area contributed by atoms with Gasteiger partial charge in [0, 0.05) is 11.3 Å². The molecule has 5 rings (SSSR count). The lowest BCUT2D eigenvalue weighted by Gasteiger charge is -2.38. The van der Waals surface area contributed by atoms with Crippen LogP contribution in [0.5, 0.6) is 11.5 Å². The number of sulfone groups is 1. The van der Waals surface area contributed by atoms with Crippen LogP contribution in [0.3, 0.4) is 0 Å². The van der Waals surface area contributed by atoms with Crippen LogP contribution < -0.4 is 14.2 Å². The van der Waals surface area contributed by atoms with E-state index in [9.17, 15) is 13.2 Å². The fourth-order valence-electron chi connectivity index (χ4n) is 6.41. The third-order valence-electron chi connectivity index (χ3n) is 11.5. The standard InChI is InChI=1S/C42H55NO5SSi2/c1-27-22-31(23-28(2)37(27)47-50(11,12)40(5,6)7)42(32-24-29(3)38(30(4)25-32)48-51(13,14)41(8,9)10)35-21-20-34(26-36(35)43-39(42)44)49(45,46)33-18-16-15-17-19-33/h15-26H,1-14H3,(H,43,44). The summed E-state index contributed by atoms with van der Waals surface area (Å²) in [7, 11) is -8.15. The van der Waals surface area contributed by atoms with Gasteiger partial charge in [-0.1, -0.05) is 90.1 Å². The predicted octanol–water partition coefficient (Wildman–Crippen LogP) is 10.8. The maximum atomic E-state index is 14.8. The average molecular weight is 742 g/mol. The monoisotopic (exact) mass is 741 g/mol. The number of amides is 1. The number of carbonyl (C=O) groups excluding carboxylic acids is 1. The molecule has 1 amide bonds. The highest BCUT2D eigenvalue weighted by atomic mass is 32.2. The van der Waals surface area contributed by atoms with Crippen LogP contribution >= 0.6 is 0 Å². The number of aryl methyl sites for hydroxylation is 4. The quantitative estimate of drug-likeness (QED) is 0.182. The molecular weight excluding hydrogens is 687 g/mol. The zero-order chi connectivity index (χ0) is 38.1. The van der Waals surface area contributed by atoms with E-state index in [1.54, 1.807) is 48.5 Å². The summed E-state index contributed by atoms with van der Waals surface area (Å²) in [6.07, 6.45) is 0. The molecule has 4 aromatic rings. The second kappa shape index (κ2) is 12.8. The first-order valence-corrected chi connectivity index (χ1v) is 25.0. The second-order valence-electron chi connectivity index (χ2n) is 17.3. The van der Waals surface area contributed by atoms with E-state index in [1.807, 2.05) is 27.7 Å². The Labute approximate surface area is 308 Å². The summed E-state index contributed by atoms with van der Waals surface area (Å²) in [5, 5.41) is 3.14. The van der Waals surface area contributed by atoms with Crippen LogP contribution in [0.4, 0.5) is 5.69 Å². The van der Waals surface area contributed by atoms with E-state index >= 15 is 0 Å². The number of anilines is 1. The molecule has 0 saturated carbocycles. The van der Waals surface area contributed by atoms with Crippen molar-refractivity contribution in [3.63, 3.8) is 0 Å². The lowest BCUT2D eigenvalue weighted by Crippen LogP contribution is -2.44. The van der Waals surface area contributed by atoms with Gasteiger partial charge in [0.2, 0.25) is 15.7 Å². The van der Waals surface area contributed by atoms with Gasteiger partial charge in [0.05, 0.1) is 9.79 Å². The number of benzene rings is 4. The van der Waals surface area contributed by atoms with E-state index in [-0.39, 0.29) is 25.8 Å². The van der Waals surface area contributed by atoms with Crippen molar-refractivity contribution in [2.24, 2.45) is 0 Å². The number of hydrogen-bond donors (Lipinski definition) is 1. The minimum absolute atomic E-state index is 0.0110. The maximum Gasteiger partial charge on any atom is 0.250 e.